The smallest absolute Gasteiger partial charge is 0.148 e. The summed E-state index contributed by atoms with van der Waals surface area (Å²) in [6.07, 6.45) is 4.70. The molecule has 4 aromatic rings. The van der Waals surface area contributed by atoms with E-state index in [-0.39, 0.29) is 0 Å². The molecular weight excluding hydrogens is 382 g/mol. The largest absolute Gasteiger partial charge is 0.364 e. The van der Waals surface area contributed by atoms with Gasteiger partial charge in [0, 0.05) is 34.9 Å². The molecule has 1 N–H and O–H groups in total. The molecule has 0 saturated carbocycles. The Kier molecular flexibility index (Phi) is 4.50. The fourth-order valence-corrected chi connectivity index (χ4v) is 5.39. The monoisotopic (exact) mass is 409 g/mol. The number of anilines is 1. The Balaban J connectivity index is 1.23. The second kappa shape index (κ2) is 7.50. The first kappa shape index (κ1) is 18.6. The summed E-state index contributed by atoms with van der Waals surface area (Å²) < 4.78 is 2.22. The van der Waals surface area contributed by atoms with Crippen molar-refractivity contribution in [1.82, 2.24) is 19.7 Å². The summed E-state index contributed by atoms with van der Waals surface area (Å²) in [4.78, 5) is 2.59. The average molecular weight is 410 g/mol. The molecule has 5 heterocycles. The Morgan fingerprint density at radius 2 is 1.74 bits per heavy atom. The zero-order chi connectivity index (χ0) is 20.8. The topological polar surface area (TPSA) is 46.0 Å². The number of benzene rings is 2. The summed E-state index contributed by atoms with van der Waals surface area (Å²) in [6, 6.07) is 24.3. The lowest BCUT2D eigenvalue weighted by atomic mass is 9.79. The number of rotatable bonds is 4. The van der Waals surface area contributed by atoms with Crippen molar-refractivity contribution in [2.75, 3.05) is 18.4 Å². The van der Waals surface area contributed by atoms with Crippen LogP contribution in [-0.2, 0) is 0 Å². The van der Waals surface area contributed by atoms with E-state index in [9.17, 15) is 0 Å². The SMILES string of the molecule is C[C@@H]1[C@@H](Nc2ccc(-c3ccc4c(ccn4-c4ccccc4)c3)nn2)C2CCN1CC2. The Labute approximate surface area is 182 Å². The fraction of sp³-hybridized carbons (Fsp3) is 0.308. The zero-order valence-electron chi connectivity index (χ0n) is 17.8. The number of hydrogen-bond acceptors (Lipinski definition) is 4. The minimum atomic E-state index is 0.469. The lowest BCUT2D eigenvalue weighted by Gasteiger charge is -2.50. The summed E-state index contributed by atoms with van der Waals surface area (Å²) in [5, 5.41) is 13.9. The standard InChI is InChI=1S/C26H27N5/c1-18-26(19-11-14-30(18)15-12-19)27-25-10-8-23(28-29-25)20-7-9-24-21(17-20)13-16-31(24)22-5-3-2-4-6-22/h2-10,13,16-19,26H,11-12,14-15H2,1H3,(H,27,29)/t18-,26-/m1/s1. The molecule has 5 heteroatoms. The number of nitrogens with zero attached hydrogens (tertiary/aromatic N) is 4. The molecule has 156 valence electrons. The first-order chi connectivity index (χ1) is 15.3. The first-order valence-corrected chi connectivity index (χ1v) is 11.3. The van der Waals surface area contributed by atoms with Crippen LogP contribution < -0.4 is 5.32 Å². The van der Waals surface area contributed by atoms with E-state index in [1.54, 1.807) is 0 Å². The quantitative estimate of drug-likeness (QED) is 0.516. The molecule has 5 nitrogen and oxygen atoms in total. The summed E-state index contributed by atoms with van der Waals surface area (Å²) in [7, 11) is 0. The average Bonchev–Trinajstić information content (AvgIpc) is 3.26. The molecule has 0 amide bonds. The summed E-state index contributed by atoms with van der Waals surface area (Å²) in [5.74, 6) is 1.63. The van der Waals surface area contributed by atoms with Gasteiger partial charge < -0.3 is 9.88 Å². The highest BCUT2D eigenvalue weighted by molar-refractivity contribution is 5.86. The lowest BCUT2D eigenvalue weighted by Crippen LogP contribution is -2.59. The van der Waals surface area contributed by atoms with Crippen LogP contribution in [0.25, 0.3) is 27.8 Å². The molecule has 0 unspecified atom stereocenters. The van der Waals surface area contributed by atoms with E-state index < -0.39 is 0 Å². The Hall–Kier alpha value is -3.18. The Morgan fingerprint density at radius 3 is 2.48 bits per heavy atom. The molecule has 7 rings (SSSR count). The molecule has 2 aromatic carbocycles. The van der Waals surface area contributed by atoms with Crippen molar-refractivity contribution < 1.29 is 0 Å². The maximum absolute atomic E-state index is 4.54. The van der Waals surface area contributed by atoms with Gasteiger partial charge in [0.25, 0.3) is 0 Å². The van der Waals surface area contributed by atoms with Gasteiger partial charge >= 0.3 is 0 Å². The van der Waals surface area contributed by atoms with Gasteiger partial charge in [0.1, 0.15) is 5.82 Å². The number of nitrogens with one attached hydrogen (secondary N) is 1. The maximum Gasteiger partial charge on any atom is 0.148 e. The van der Waals surface area contributed by atoms with Gasteiger partial charge in [-0.15, -0.1) is 10.2 Å². The predicted octanol–water partition coefficient (Wildman–Crippen LogP) is 4.98. The van der Waals surface area contributed by atoms with E-state index in [1.165, 1.54) is 42.5 Å². The highest BCUT2D eigenvalue weighted by Crippen LogP contribution is 2.34. The highest BCUT2D eigenvalue weighted by atomic mass is 15.2. The third-order valence-corrected chi connectivity index (χ3v) is 7.18. The van der Waals surface area contributed by atoms with Gasteiger partial charge in [-0.25, -0.2) is 0 Å². The second-order valence-corrected chi connectivity index (χ2v) is 8.88. The van der Waals surface area contributed by atoms with Crippen molar-refractivity contribution in [3.05, 3.63) is 72.9 Å². The second-order valence-electron chi connectivity index (χ2n) is 8.88. The zero-order valence-corrected chi connectivity index (χ0v) is 17.8. The summed E-state index contributed by atoms with van der Waals surface area (Å²) in [5.41, 5.74) is 4.36. The summed E-state index contributed by atoms with van der Waals surface area (Å²) in [6.45, 7) is 4.81. The lowest BCUT2D eigenvalue weighted by molar-refractivity contribution is 0.0457. The van der Waals surface area contributed by atoms with Gasteiger partial charge in [0.15, 0.2) is 0 Å². The minimum absolute atomic E-state index is 0.469. The molecule has 2 aromatic heterocycles. The van der Waals surface area contributed by atoms with Gasteiger partial charge in [0.2, 0.25) is 0 Å². The van der Waals surface area contributed by atoms with E-state index in [2.05, 4.69) is 98.8 Å². The van der Waals surface area contributed by atoms with Crippen LogP contribution in [-0.4, -0.2) is 44.8 Å². The van der Waals surface area contributed by atoms with E-state index in [4.69, 9.17) is 0 Å². The minimum Gasteiger partial charge on any atom is -0.364 e. The number of aromatic nitrogens is 3. The van der Waals surface area contributed by atoms with Crippen molar-refractivity contribution in [1.29, 1.82) is 0 Å². The number of fused-ring (bicyclic) bond motifs is 4. The van der Waals surface area contributed by atoms with E-state index >= 15 is 0 Å². The van der Waals surface area contributed by atoms with Crippen molar-refractivity contribution >= 4 is 16.7 Å². The van der Waals surface area contributed by atoms with Gasteiger partial charge in [0.05, 0.1) is 11.2 Å². The molecule has 0 radical (unpaired) electrons. The van der Waals surface area contributed by atoms with Crippen LogP contribution in [0.1, 0.15) is 19.8 Å². The Bertz CT molecular complexity index is 1190. The molecule has 3 aliphatic rings. The van der Waals surface area contributed by atoms with Crippen LogP contribution in [0.2, 0.25) is 0 Å². The molecule has 3 saturated heterocycles. The van der Waals surface area contributed by atoms with Crippen LogP contribution in [0.3, 0.4) is 0 Å². The predicted molar refractivity (Wildman–Crippen MR) is 125 cm³/mol. The van der Waals surface area contributed by atoms with Gasteiger partial charge in [-0.1, -0.05) is 24.3 Å². The van der Waals surface area contributed by atoms with Crippen molar-refractivity contribution in [3.8, 4) is 16.9 Å². The third kappa shape index (κ3) is 3.29. The van der Waals surface area contributed by atoms with Crippen LogP contribution >= 0.6 is 0 Å². The molecular formula is C26H27N5. The van der Waals surface area contributed by atoms with Gasteiger partial charge in [-0.3, -0.25) is 4.90 Å². The van der Waals surface area contributed by atoms with Gasteiger partial charge in [-0.2, -0.15) is 0 Å². The van der Waals surface area contributed by atoms with Crippen molar-refractivity contribution in [2.24, 2.45) is 5.92 Å². The third-order valence-electron chi connectivity index (χ3n) is 7.18. The molecule has 3 aliphatic heterocycles. The Morgan fingerprint density at radius 1 is 0.903 bits per heavy atom. The molecule has 31 heavy (non-hydrogen) atoms. The molecule has 0 aliphatic carbocycles. The number of piperidine rings is 3. The van der Waals surface area contributed by atoms with Crippen LogP contribution in [0.5, 0.6) is 0 Å². The van der Waals surface area contributed by atoms with Crippen LogP contribution in [0.4, 0.5) is 5.82 Å². The number of hydrogen-bond donors (Lipinski definition) is 1. The van der Waals surface area contributed by atoms with Crippen LogP contribution in [0, 0.1) is 5.92 Å². The first-order valence-electron chi connectivity index (χ1n) is 11.3. The maximum atomic E-state index is 4.54. The van der Waals surface area contributed by atoms with Crippen LogP contribution in [0.15, 0.2) is 72.9 Å². The molecule has 0 spiro atoms. The normalized spacial score (nSPS) is 25.1. The highest BCUT2D eigenvalue weighted by Gasteiger charge is 2.39. The fourth-order valence-electron chi connectivity index (χ4n) is 5.39. The van der Waals surface area contributed by atoms with Crippen molar-refractivity contribution in [2.45, 2.75) is 31.8 Å². The summed E-state index contributed by atoms with van der Waals surface area (Å²) >= 11 is 0. The van der Waals surface area contributed by atoms with E-state index in [0.29, 0.717) is 12.1 Å². The van der Waals surface area contributed by atoms with E-state index in [1.807, 2.05) is 6.07 Å². The molecule has 2 atom stereocenters. The number of para-hydroxylation sites is 1. The molecule has 3 fully saturated rings. The van der Waals surface area contributed by atoms with Gasteiger partial charge in [-0.05, 0) is 81.2 Å². The molecule has 2 bridgehead atoms. The van der Waals surface area contributed by atoms with E-state index in [0.717, 1.165) is 23.0 Å². The van der Waals surface area contributed by atoms with Crippen molar-refractivity contribution in [3.63, 3.8) is 0 Å².